The van der Waals surface area contributed by atoms with Gasteiger partial charge in [0.05, 0.1) is 5.56 Å². The van der Waals surface area contributed by atoms with Crippen molar-refractivity contribution in [3.05, 3.63) is 29.6 Å². The molecule has 1 atom stereocenters. The second-order valence-electron chi connectivity index (χ2n) is 4.59. The third kappa shape index (κ3) is 3.82. The van der Waals surface area contributed by atoms with E-state index in [9.17, 15) is 4.79 Å². The third-order valence-corrected chi connectivity index (χ3v) is 3.00. The van der Waals surface area contributed by atoms with Crippen molar-refractivity contribution in [1.82, 2.24) is 10.3 Å². The van der Waals surface area contributed by atoms with Gasteiger partial charge in [0.25, 0.3) is 5.91 Å². The Balaban J connectivity index is 2.77. The molecule has 17 heavy (non-hydrogen) atoms. The van der Waals surface area contributed by atoms with Crippen LogP contribution in [-0.4, -0.2) is 28.1 Å². The molecule has 0 spiro atoms. The molecular formula is C13H20N2O2. The van der Waals surface area contributed by atoms with Crippen molar-refractivity contribution >= 4 is 5.91 Å². The highest BCUT2D eigenvalue weighted by Gasteiger charge is 2.24. The van der Waals surface area contributed by atoms with E-state index in [0.29, 0.717) is 12.0 Å². The van der Waals surface area contributed by atoms with Gasteiger partial charge in [-0.15, -0.1) is 0 Å². The third-order valence-electron chi connectivity index (χ3n) is 3.00. The Labute approximate surface area is 102 Å². The second kappa shape index (κ2) is 5.77. The molecule has 94 valence electrons. The van der Waals surface area contributed by atoms with E-state index in [2.05, 4.69) is 10.3 Å². The first-order chi connectivity index (χ1) is 8.00. The molecule has 1 aromatic rings. The van der Waals surface area contributed by atoms with Crippen molar-refractivity contribution in [2.45, 2.75) is 39.2 Å². The summed E-state index contributed by atoms with van der Waals surface area (Å²) in [6, 6.07) is 1.80. The van der Waals surface area contributed by atoms with E-state index >= 15 is 0 Å². The molecule has 1 heterocycles. The molecule has 0 aliphatic heterocycles. The number of hydrogen-bond acceptors (Lipinski definition) is 3. The smallest absolute Gasteiger partial charge is 0.253 e. The molecule has 2 N–H and O–H groups in total. The van der Waals surface area contributed by atoms with E-state index in [1.807, 2.05) is 20.8 Å². The fourth-order valence-corrected chi connectivity index (χ4v) is 1.60. The molecule has 0 aliphatic carbocycles. The van der Waals surface area contributed by atoms with Crippen LogP contribution in [0.1, 0.15) is 42.6 Å². The zero-order valence-corrected chi connectivity index (χ0v) is 10.7. The molecule has 1 unspecified atom stereocenters. The molecule has 0 saturated carbocycles. The molecule has 1 amide bonds. The van der Waals surface area contributed by atoms with Crippen molar-refractivity contribution in [2.75, 3.05) is 6.61 Å². The summed E-state index contributed by atoms with van der Waals surface area (Å²) in [5.41, 5.74) is 1.15. The van der Waals surface area contributed by atoms with Crippen LogP contribution in [0.2, 0.25) is 0 Å². The van der Waals surface area contributed by atoms with Crippen molar-refractivity contribution in [3.63, 3.8) is 0 Å². The number of aromatic nitrogens is 1. The number of pyridine rings is 1. The number of rotatable bonds is 5. The highest BCUT2D eigenvalue weighted by Crippen LogP contribution is 2.15. The minimum absolute atomic E-state index is 0.0662. The van der Waals surface area contributed by atoms with Gasteiger partial charge in [0.2, 0.25) is 0 Å². The van der Waals surface area contributed by atoms with Crippen LogP contribution in [0.4, 0.5) is 0 Å². The lowest BCUT2D eigenvalue weighted by molar-refractivity contribution is 0.0885. The number of hydrogen-bond donors (Lipinski definition) is 2. The lowest BCUT2D eigenvalue weighted by Gasteiger charge is -2.29. The summed E-state index contributed by atoms with van der Waals surface area (Å²) in [5, 5.41) is 11.9. The topological polar surface area (TPSA) is 62.2 Å². The van der Waals surface area contributed by atoms with Crippen LogP contribution in [0.5, 0.6) is 0 Å². The van der Waals surface area contributed by atoms with Gasteiger partial charge in [0.1, 0.15) is 0 Å². The molecule has 1 rings (SSSR count). The Kier molecular flexibility index (Phi) is 4.63. The van der Waals surface area contributed by atoms with Gasteiger partial charge in [0, 0.05) is 24.5 Å². The monoisotopic (exact) mass is 236 g/mol. The quantitative estimate of drug-likeness (QED) is 0.817. The molecule has 4 nitrogen and oxygen atoms in total. The van der Waals surface area contributed by atoms with E-state index in [4.69, 9.17) is 5.11 Å². The Hall–Kier alpha value is -1.42. The van der Waals surface area contributed by atoms with Gasteiger partial charge < -0.3 is 10.4 Å². The standard InChI is InChI=1S/C13H20N2O2/c1-4-13(3,5-6-16)15-12(17)11-7-10(2)8-14-9-11/h7-9,16H,4-6H2,1-3H3,(H,15,17). The van der Waals surface area contributed by atoms with Gasteiger partial charge in [0.15, 0.2) is 0 Å². The van der Waals surface area contributed by atoms with Crippen molar-refractivity contribution in [2.24, 2.45) is 0 Å². The summed E-state index contributed by atoms with van der Waals surface area (Å²) in [6.07, 6.45) is 4.59. The van der Waals surface area contributed by atoms with Crippen LogP contribution < -0.4 is 5.32 Å². The van der Waals surface area contributed by atoms with Gasteiger partial charge in [-0.1, -0.05) is 6.92 Å². The summed E-state index contributed by atoms with van der Waals surface area (Å²) in [4.78, 5) is 16.0. The number of aliphatic hydroxyl groups excluding tert-OH is 1. The normalized spacial score (nSPS) is 14.1. The number of carbonyl (C=O) groups is 1. The lowest BCUT2D eigenvalue weighted by atomic mass is 9.94. The predicted molar refractivity (Wildman–Crippen MR) is 66.8 cm³/mol. The summed E-state index contributed by atoms with van der Waals surface area (Å²) < 4.78 is 0. The van der Waals surface area contributed by atoms with Crippen molar-refractivity contribution in [1.29, 1.82) is 0 Å². The number of amides is 1. The Bertz CT molecular complexity index is 393. The summed E-state index contributed by atoms with van der Waals surface area (Å²) in [6.45, 7) is 5.89. The fraction of sp³-hybridized carbons (Fsp3) is 0.538. The summed E-state index contributed by atoms with van der Waals surface area (Å²) in [7, 11) is 0. The summed E-state index contributed by atoms with van der Waals surface area (Å²) >= 11 is 0. The van der Waals surface area contributed by atoms with Crippen molar-refractivity contribution < 1.29 is 9.90 Å². The Morgan fingerprint density at radius 1 is 1.53 bits per heavy atom. The number of nitrogens with one attached hydrogen (secondary N) is 1. The molecule has 0 fully saturated rings. The van der Waals surface area contributed by atoms with E-state index in [1.54, 1.807) is 18.5 Å². The van der Waals surface area contributed by atoms with E-state index < -0.39 is 0 Å². The Morgan fingerprint density at radius 3 is 2.76 bits per heavy atom. The van der Waals surface area contributed by atoms with Gasteiger partial charge in [-0.3, -0.25) is 9.78 Å². The number of aliphatic hydroxyl groups is 1. The molecule has 1 aromatic heterocycles. The molecule has 0 aromatic carbocycles. The average Bonchev–Trinajstić information content (AvgIpc) is 2.29. The van der Waals surface area contributed by atoms with E-state index in [1.165, 1.54) is 0 Å². The minimum atomic E-state index is -0.365. The van der Waals surface area contributed by atoms with Crippen LogP contribution in [0.15, 0.2) is 18.5 Å². The predicted octanol–water partition coefficient (Wildman–Crippen LogP) is 1.67. The van der Waals surface area contributed by atoms with Crippen LogP contribution in [0, 0.1) is 6.92 Å². The highest BCUT2D eigenvalue weighted by atomic mass is 16.3. The highest BCUT2D eigenvalue weighted by molar-refractivity contribution is 5.94. The zero-order chi connectivity index (χ0) is 12.9. The van der Waals surface area contributed by atoms with E-state index in [0.717, 1.165) is 12.0 Å². The molecule has 0 aliphatic rings. The lowest BCUT2D eigenvalue weighted by Crippen LogP contribution is -2.46. The fourth-order valence-electron chi connectivity index (χ4n) is 1.60. The maximum atomic E-state index is 12.0. The zero-order valence-electron chi connectivity index (χ0n) is 10.7. The Morgan fingerprint density at radius 2 is 2.24 bits per heavy atom. The maximum absolute atomic E-state index is 12.0. The largest absolute Gasteiger partial charge is 0.396 e. The van der Waals surface area contributed by atoms with E-state index in [-0.39, 0.29) is 18.1 Å². The first-order valence-electron chi connectivity index (χ1n) is 5.86. The van der Waals surface area contributed by atoms with Crippen LogP contribution in [-0.2, 0) is 0 Å². The van der Waals surface area contributed by atoms with Gasteiger partial charge >= 0.3 is 0 Å². The molecule has 4 heteroatoms. The van der Waals surface area contributed by atoms with Crippen LogP contribution >= 0.6 is 0 Å². The van der Waals surface area contributed by atoms with Gasteiger partial charge in [-0.25, -0.2) is 0 Å². The number of carbonyl (C=O) groups excluding carboxylic acids is 1. The number of nitrogens with zero attached hydrogens (tertiary/aromatic N) is 1. The minimum Gasteiger partial charge on any atom is -0.396 e. The molecule has 0 saturated heterocycles. The molecule has 0 radical (unpaired) electrons. The second-order valence-corrected chi connectivity index (χ2v) is 4.59. The van der Waals surface area contributed by atoms with Gasteiger partial charge in [-0.2, -0.15) is 0 Å². The van der Waals surface area contributed by atoms with Crippen molar-refractivity contribution in [3.8, 4) is 0 Å². The average molecular weight is 236 g/mol. The SMILES string of the molecule is CCC(C)(CCO)NC(=O)c1cncc(C)c1. The first kappa shape index (κ1) is 13.6. The van der Waals surface area contributed by atoms with Crippen LogP contribution in [0.3, 0.4) is 0 Å². The maximum Gasteiger partial charge on any atom is 0.253 e. The summed E-state index contributed by atoms with van der Waals surface area (Å²) in [5.74, 6) is -0.140. The first-order valence-corrected chi connectivity index (χ1v) is 5.86. The number of aryl methyl sites for hydroxylation is 1. The van der Waals surface area contributed by atoms with Crippen LogP contribution in [0.25, 0.3) is 0 Å². The van der Waals surface area contributed by atoms with Gasteiger partial charge in [-0.05, 0) is 38.3 Å². The molecular weight excluding hydrogens is 216 g/mol. The molecule has 0 bridgehead atoms.